The van der Waals surface area contributed by atoms with Crippen LogP contribution in [-0.2, 0) is 28.7 Å². The van der Waals surface area contributed by atoms with Crippen LogP contribution >= 0.6 is 0 Å². The molecule has 0 radical (unpaired) electrons. The Bertz CT molecular complexity index is 1150. The van der Waals surface area contributed by atoms with Gasteiger partial charge in [-0.3, -0.25) is 29.2 Å². The quantitative estimate of drug-likeness (QED) is 0.105. The number of aryl methyl sites for hydroxylation is 2. The summed E-state index contributed by atoms with van der Waals surface area (Å²) in [5.74, 6) is 0.284. The van der Waals surface area contributed by atoms with Gasteiger partial charge >= 0.3 is 57.4 Å². The van der Waals surface area contributed by atoms with Crippen LogP contribution in [-0.4, -0.2) is 112 Å². The summed E-state index contributed by atoms with van der Waals surface area (Å²) in [6.07, 6.45) is 13.1. The van der Waals surface area contributed by atoms with Crippen molar-refractivity contribution >= 4 is 43.9 Å². The number of esters is 1. The molecule has 0 spiro atoms. The number of rotatable bonds is 11. The minimum atomic E-state index is -0.294. The van der Waals surface area contributed by atoms with Gasteiger partial charge in [0, 0.05) is 63.8 Å². The van der Waals surface area contributed by atoms with Gasteiger partial charge in [-0.1, -0.05) is 19.4 Å². The van der Waals surface area contributed by atoms with Crippen LogP contribution in [0.15, 0.2) is 47.1 Å². The summed E-state index contributed by atoms with van der Waals surface area (Å²) < 4.78 is 5.36. The number of imide groups is 1. The van der Waals surface area contributed by atoms with Crippen LogP contribution in [0.4, 0.5) is 5.69 Å². The molecule has 3 amide bonds. The zero-order valence-electron chi connectivity index (χ0n) is 30.8. The van der Waals surface area contributed by atoms with Crippen molar-refractivity contribution in [3.63, 3.8) is 0 Å². The van der Waals surface area contributed by atoms with E-state index in [4.69, 9.17) is 14.3 Å². The van der Waals surface area contributed by atoms with Crippen LogP contribution in [0.25, 0.3) is 0 Å². The number of hydrogen-bond acceptors (Lipinski definition) is 11. The smallest absolute Gasteiger partial charge is 0.870 e. The summed E-state index contributed by atoms with van der Waals surface area (Å²) in [7, 11) is 0. The zero-order chi connectivity index (χ0) is 36.2. The first-order valence-electron chi connectivity index (χ1n) is 16.5. The topological polar surface area (TPSA) is 185 Å². The molecule has 1 aromatic rings. The molecule has 1 fully saturated rings. The van der Waals surface area contributed by atoms with E-state index in [-0.39, 0.29) is 75.3 Å². The van der Waals surface area contributed by atoms with Crippen molar-refractivity contribution < 1.29 is 85.6 Å². The fourth-order valence-electron chi connectivity index (χ4n) is 4.75. The number of carbonyl (C=O) groups is 5. The molecule has 2 atom stereocenters. The van der Waals surface area contributed by atoms with E-state index in [0.29, 0.717) is 37.3 Å². The average Bonchev–Trinajstić information content (AvgIpc) is 3.09. The SMILES string of the molecule is C=O.CCCCOC(=O)/C1=C/C=C/NCCC(CN2CCN(c3ccc(C)c(C)c3)CC2)CCN=C1.NC=O.[CH2-]CC(C)N(C=O)C=O.[K+].[OH-]. The number of ether oxygens (including phenoxy) is 1. The van der Waals surface area contributed by atoms with E-state index < -0.39 is 0 Å². The van der Waals surface area contributed by atoms with Gasteiger partial charge in [-0.15, -0.1) is 0 Å². The number of piperazine rings is 1. The molecule has 2 aliphatic heterocycles. The Kier molecular flexibility index (Phi) is 34.5. The van der Waals surface area contributed by atoms with Crippen LogP contribution in [0, 0.1) is 26.7 Å². The number of anilines is 1. The Balaban J connectivity index is -0.00000118. The van der Waals surface area contributed by atoms with Gasteiger partial charge in [0.1, 0.15) is 6.79 Å². The van der Waals surface area contributed by atoms with Crippen molar-refractivity contribution in [3.05, 3.63) is 60.2 Å². The summed E-state index contributed by atoms with van der Waals surface area (Å²) in [6, 6.07) is 6.72. The summed E-state index contributed by atoms with van der Waals surface area (Å²) in [4.78, 5) is 59.7. The fraction of sp³-hybridized carbons (Fsp3) is 0.528. The van der Waals surface area contributed by atoms with Gasteiger partial charge in [0.15, 0.2) is 0 Å². The number of allylic oxidation sites excluding steroid dienone is 2. The second kappa shape index (κ2) is 33.4. The van der Waals surface area contributed by atoms with E-state index in [9.17, 15) is 14.4 Å². The Hall–Kier alpha value is -2.72. The normalized spacial score (nSPS) is 17.9. The third kappa shape index (κ3) is 22.2. The molecule has 14 heteroatoms. The third-order valence-electron chi connectivity index (χ3n) is 7.96. The first-order valence-corrected chi connectivity index (χ1v) is 16.5. The van der Waals surface area contributed by atoms with Crippen LogP contribution < -0.4 is 67.3 Å². The number of carbonyl (C=O) groups excluding carboxylic acids is 5. The second-order valence-corrected chi connectivity index (χ2v) is 11.4. The number of aliphatic imine (C=N–C) groups is 1. The van der Waals surface area contributed by atoms with Crippen molar-refractivity contribution in [2.24, 2.45) is 16.6 Å². The molecular formula is C36H58KN6O7-. The van der Waals surface area contributed by atoms with Crippen molar-refractivity contribution in [2.45, 2.75) is 65.8 Å². The maximum atomic E-state index is 12.3. The maximum absolute atomic E-state index is 12.3. The molecule has 4 N–H and O–H groups in total. The van der Waals surface area contributed by atoms with Gasteiger partial charge in [0.05, 0.1) is 12.2 Å². The van der Waals surface area contributed by atoms with Crippen LogP contribution in [0.5, 0.6) is 0 Å². The fourth-order valence-corrected chi connectivity index (χ4v) is 4.75. The Labute approximate surface area is 341 Å². The van der Waals surface area contributed by atoms with E-state index in [2.05, 4.69) is 71.7 Å². The number of nitrogens with one attached hydrogen (secondary N) is 1. The molecule has 0 aliphatic carbocycles. The van der Waals surface area contributed by atoms with Gasteiger partial charge in [-0.2, -0.15) is 6.42 Å². The summed E-state index contributed by atoms with van der Waals surface area (Å²) >= 11 is 0. The maximum Gasteiger partial charge on any atom is 1.00 e. The molecule has 50 heavy (non-hydrogen) atoms. The number of nitrogens with two attached hydrogens (primary N) is 1. The molecule has 2 unspecified atom stereocenters. The molecular weight excluding hydrogens is 668 g/mol. The molecule has 2 aliphatic rings. The minimum absolute atomic E-state index is 0. The van der Waals surface area contributed by atoms with E-state index >= 15 is 0 Å². The standard InChI is InChI=1S/C28H42N4O2.C6H10NO2.CH3NO.CH2O.K.H2O/c1-4-5-19-34-28(33)26-7-6-12-29-13-10-25(11-14-30-21-26)22-31-15-17-32(18-16-31)27-9-8-23(2)24(3)20-27;1-3-6(2)7(4-8)5-9;2-1-3;1-2;;/h6-9,12,20-21,25,29H,4-5,10-11,13-19,22H2,1-3H3;4-6H,1,3H2,2H3;1H,(H2,2,3);1H2;;1H2/q;-1;;;+1;/p-1/b12-6+,26-7+,30-21?;;;;;. The summed E-state index contributed by atoms with van der Waals surface area (Å²) in [5, 5.41) is 3.37. The first kappa shape index (κ1) is 51.6. The summed E-state index contributed by atoms with van der Waals surface area (Å²) in [6.45, 7) is 21.3. The van der Waals surface area contributed by atoms with E-state index in [1.54, 1.807) is 19.2 Å². The van der Waals surface area contributed by atoms with Crippen molar-refractivity contribution in [1.82, 2.24) is 15.1 Å². The molecule has 276 valence electrons. The first-order chi connectivity index (χ1) is 23.2. The van der Waals surface area contributed by atoms with Gasteiger partial charge in [0.25, 0.3) is 0 Å². The van der Waals surface area contributed by atoms with E-state index in [1.807, 2.05) is 19.1 Å². The van der Waals surface area contributed by atoms with Gasteiger partial charge in [-0.25, -0.2) is 4.79 Å². The minimum Gasteiger partial charge on any atom is -0.870 e. The number of primary amides is 1. The Morgan fingerprint density at radius 1 is 1.14 bits per heavy atom. The van der Waals surface area contributed by atoms with Gasteiger partial charge in [0.2, 0.25) is 19.2 Å². The molecule has 0 bridgehead atoms. The van der Waals surface area contributed by atoms with E-state index in [1.165, 1.54) is 16.8 Å². The Morgan fingerprint density at radius 3 is 2.32 bits per heavy atom. The molecule has 0 aromatic heterocycles. The molecule has 1 saturated heterocycles. The molecule has 13 nitrogen and oxygen atoms in total. The largest absolute Gasteiger partial charge is 1.00 e. The van der Waals surface area contributed by atoms with Crippen molar-refractivity contribution in [3.8, 4) is 0 Å². The predicted octanol–water partition coefficient (Wildman–Crippen LogP) is 0.237. The number of nitrogens with zero attached hydrogens (tertiary/aromatic N) is 4. The molecule has 1 aromatic carbocycles. The zero-order valence-corrected chi connectivity index (χ0v) is 33.9. The third-order valence-corrected chi connectivity index (χ3v) is 7.96. The predicted molar refractivity (Wildman–Crippen MR) is 194 cm³/mol. The van der Waals surface area contributed by atoms with E-state index in [0.717, 1.165) is 76.4 Å². The van der Waals surface area contributed by atoms with Crippen molar-refractivity contribution in [1.29, 1.82) is 0 Å². The van der Waals surface area contributed by atoms with Crippen LogP contribution in [0.3, 0.4) is 0 Å². The van der Waals surface area contributed by atoms with Gasteiger partial charge in [-0.05, 0) is 87.6 Å². The molecule has 0 saturated carbocycles. The van der Waals surface area contributed by atoms with Crippen LogP contribution in [0.2, 0.25) is 0 Å². The number of unbranched alkanes of at least 4 members (excludes halogenated alkanes) is 1. The Morgan fingerprint density at radius 2 is 1.78 bits per heavy atom. The summed E-state index contributed by atoms with van der Waals surface area (Å²) in [5.41, 5.74) is 8.74. The molecule has 3 rings (SSSR count). The van der Waals surface area contributed by atoms with Crippen molar-refractivity contribution in [2.75, 3.05) is 57.3 Å². The number of amides is 3. The van der Waals surface area contributed by atoms with Crippen LogP contribution in [0.1, 0.15) is 57.1 Å². The molecule has 2 heterocycles. The number of hydrogen-bond donors (Lipinski definition) is 2. The monoisotopic (exact) mass is 725 g/mol. The number of benzene rings is 1. The second-order valence-electron chi connectivity index (χ2n) is 11.4. The average molecular weight is 726 g/mol. The van der Waals surface area contributed by atoms with Gasteiger partial charge < -0.3 is 37.9 Å².